The van der Waals surface area contributed by atoms with Crippen molar-refractivity contribution in [1.29, 1.82) is 0 Å². The van der Waals surface area contributed by atoms with Gasteiger partial charge in [0.05, 0.1) is 18.5 Å². The summed E-state index contributed by atoms with van der Waals surface area (Å²) < 4.78 is 5.57. The number of para-hydroxylation sites is 3. The van der Waals surface area contributed by atoms with Crippen molar-refractivity contribution in [2.24, 2.45) is 9.98 Å². The molecule has 3 aromatic rings. The molecule has 0 atom stereocenters. The lowest BCUT2D eigenvalue weighted by molar-refractivity contribution is 0.413. The highest BCUT2D eigenvalue weighted by Gasteiger charge is 2.05. The Balaban J connectivity index is 1.89. The number of benzene rings is 3. The highest BCUT2D eigenvalue weighted by atomic mass is 16.5. The fourth-order valence-corrected chi connectivity index (χ4v) is 2.33. The van der Waals surface area contributed by atoms with Crippen LogP contribution in [0.1, 0.15) is 11.1 Å². The second kappa shape index (κ2) is 7.88. The maximum atomic E-state index is 5.57. The molecule has 0 bridgehead atoms. The minimum Gasteiger partial charge on any atom is -0.495 e. The minimum absolute atomic E-state index is 0.761. The molecule has 3 aromatic carbocycles. The summed E-state index contributed by atoms with van der Waals surface area (Å²) in [6, 6.07) is 25.6. The van der Waals surface area contributed by atoms with E-state index in [1.165, 1.54) is 0 Å². The number of nitrogens with zero attached hydrogens (tertiary/aromatic N) is 2. The molecule has 0 aliphatic heterocycles. The molecule has 0 spiro atoms. The lowest BCUT2D eigenvalue weighted by atomic mass is 10.1. The van der Waals surface area contributed by atoms with Crippen LogP contribution in [0.15, 0.2) is 88.8 Å². The Morgan fingerprint density at radius 3 is 1.50 bits per heavy atom. The van der Waals surface area contributed by atoms with Crippen LogP contribution in [-0.4, -0.2) is 19.5 Å². The number of hydrogen-bond acceptors (Lipinski definition) is 3. The van der Waals surface area contributed by atoms with Crippen molar-refractivity contribution in [1.82, 2.24) is 0 Å². The molecule has 0 N–H and O–H groups in total. The third kappa shape index (κ3) is 3.96. The van der Waals surface area contributed by atoms with Crippen LogP contribution in [0.2, 0.25) is 0 Å². The summed E-state index contributed by atoms with van der Waals surface area (Å²) in [6.07, 6.45) is 3.63. The molecular formula is C21H18N2O. The summed E-state index contributed by atoms with van der Waals surface area (Å²) in [4.78, 5) is 8.99. The zero-order valence-electron chi connectivity index (χ0n) is 13.5. The molecule has 0 heterocycles. The van der Waals surface area contributed by atoms with Gasteiger partial charge >= 0.3 is 0 Å². The van der Waals surface area contributed by atoms with Crippen LogP contribution in [0.3, 0.4) is 0 Å². The SMILES string of the molecule is COc1c(/C=N/c2ccccc2)cccc1/C=N/c1ccccc1. The third-order valence-corrected chi connectivity index (χ3v) is 3.50. The van der Waals surface area contributed by atoms with Gasteiger partial charge < -0.3 is 4.74 Å². The summed E-state index contributed by atoms with van der Waals surface area (Å²) in [7, 11) is 1.66. The monoisotopic (exact) mass is 314 g/mol. The van der Waals surface area contributed by atoms with Crippen LogP contribution in [0.4, 0.5) is 11.4 Å². The molecule has 0 aromatic heterocycles. The van der Waals surface area contributed by atoms with Crippen molar-refractivity contribution < 1.29 is 4.74 Å². The van der Waals surface area contributed by atoms with Crippen molar-refractivity contribution in [2.45, 2.75) is 0 Å². The molecule has 0 fully saturated rings. The minimum atomic E-state index is 0.761. The van der Waals surface area contributed by atoms with E-state index in [4.69, 9.17) is 4.74 Å². The first-order valence-corrected chi connectivity index (χ1v) is 7.72. The first-order valence-electron chi connectivity index (χ1n) is 7.72. The van der Waals surface area contributed by atoms with E-state index in [-0.39, 0.29) is 0 Å². The van der Waals surface area contributed by atoms with Gasteiger partial charge in [-0.1, -0.05) is 42.5 Å². The Labute approximate surface area is 142 Å². The van der Waals surface area contributed by atoms with E-state index in [2.05, 4.69) is 9.98 Å². The highest BCUT2D eigenvalue weighted by molar-refractivity contribution is 5.93. The van der Waals surface area contributed by atoms with Crippen LogP contribution >= 0.6 is 0 Å². The molecule has 0 aliphatic rings. The summed E-state index contributed by atoms with van der Waals surface area (Å²) in [5, 5.41) is 0. The van der Waals surface area contributed by atoms with Crippen molar-refractivity contribution in [2.75, 3.05) is 7.11 Å². The first kappa shape index (κ1) is 15.7. The fourth-order valence-electron chi connectivity index (χ4n) is 2.33. The molecule has 118 valence electrons. The number of ether oxygens (including phenoxy) is 1. The smallest absolute Gasteiger partial charge is 0.136 e. The third-order valence-electron chi connectivity index (χ3n) is 3.50. The van der Waals surface area contributed by atoms with Crippen molar-refractivity contribution in [3.05, 3.63) is 90.0 Å². The predicted octanol–water partition coefficient (Wildman–Crippen LogP) is 5.20. The normalized spacial score (nSPS) is 11.2. The van der Waals surface area contributed by atoms with Gasteiger partial charge in [0.2, 0.25) is 0 Å². The Morgan fingerprint density at radius 2 is 1.08 bits per heavy atom. The second-order valence-electron chi connectivity index (χ2n) is 5.16. The van der Waals surface area contributed by atoms with E-state index in [1.807, 2.05) is 91.3 Å². The number of hydrogen-bond donors (Lipinski definition) is 0. The quantitative estimate of drug-likeness (QED) is 0.596. The average molecular weight is 314 g/mol. The molecule has 0 saturated heterocycles. The van der Waals surface area contributed by atoms with Crippen LogP contribution < -0.4 is 4.74 Å². The Hall–Kier alpha value is -3.20. The van der Waals surface area contributed by atoms with Crippen LogP contribution in [0.5, 0.6) is 5.75 Å². The van der Waals surface area contributed by atoms with E-state index in [0.29, 0.717) is 0 Å². The van der Waals surface area contributed by atoms with E-state index in [1.54, 1.807) is 7.11 Å². The summed E-state index contributed by atoms with van der Waals surface area (Å²) in [5.41, 5.74) is 3.64. The van der Waals surface area contributed by atoms with Gasteiger partial charge in [-0.15, -0.1) is 0 Å². The lowest BCUT2D eigenvalue weighted by Crippen LogP contribution is -1.96. The molecule has 0 radical (unpaired) electrons. The van der Waals surface area contributed by atoms with Gasteiger partial charge in [-0.3, -0.25) is 9.98 Å². The number of methoxy groups -OCH3 is 1. The number of aliphatic imine (C=N–C) groups is 2. The maximum absolute atomic E-state index is 5.57. The molecule has 3 heteroatoms. The molecule has 0 saturated carbocycles. The zero-order valence-corrected chi connectivity index (χ0v) is 13.5. The Bertz CT molecular complexity index is 772. The van der Waals surface area contributed by atoms with E-state index >= 15 is 0 Å². The van der Waals surface area contributed by atoms with Crippen LogP contribution in [0, 0.1) is 0 Å². The van der Waals surface area contributed by atoms with Gasteiger partial charge in [-0.2, -0.15) is 0 Å². The zero-order chi connectivity index (χ0) is 16.6. The van der Waals surface area contributed by atoms with E-state index in [0.717, 1.165) is 28.3 Å². The standard InChI is InChI=1S/C21H18N2O/c1-24-21-17(15-22-19-11-4-2-5-12-19)9-8-10-18(21)16-23-20-13-6-3-7-14-20/h2-16H,1H3/b22-15+,23-16+. The van der Waals surface area contributed by atoms with Gasteiger partial charge in [0.15, 0.2) is 0 Å². The Morgan fingerprint density at radius 1 is 0.625 bits per heavy atom. The molecule has 0 amide bonds. The predicted molar refractivity (Wildman–Crippen MR) is 100 cm³/mol. The van der Waals surface area contributed by atoms with Gasteiger partial charge in [-0.05, 0) is 36.4 Å². The molecule has 0 aliphatic carbocycles. The van der Waals surface area contributed by atoms with Crippen molar-refractivity contribution in [3.63, 3.8) is 0 Å². The van der Waals surface area contributed by atoms with Crippen LogP contribution in [-0.2, 0) is 0 Å². The Kier molecular flexibility index (Phi) is 5.15. The molecule has 3 rings (SSSR count). The summed E-state index contributed by atoms with van der Waals surface area (Å²) in [5.74, 6) is 0.761. The molecular weight excluding hydrogens is 296 g/mol. The number of rotatable bonds is 5. The molecule has 0 unspecified atom stereocenters. The second-order valence-corrected chi connectivity index (χ2v) is 5.16. The maximum Gasteiger partial charge on any atom is 0.136 e. The summed E-state index contributed by atoms with van der Waals surface area (Å²) >= 11 is 0. The largest absolute Gasteiger partial charge is 0.495 e. The van der Waals surface area contributed by atoms with Gasteiger partial charge in [0.25, 0.3) is 0 Å². The van der Waals surface area contributed by atoms with Crippen molar-refractivity contribution in [3.8, 4) is 5.75 Å². The van der Waals surface area contributed by atoms with E-state index < -0.39 is 0 Å². The summed E-state index contributed by atoms with van der Waals surface area (Å²) in [6.45, 7) is 0. The molecule has 3 nitrogen and oxygen atoms in total. The van der Waals surface area contributed by atoms with E-state index in [9.17, 15) is 0 Å². The van der Waals surface area contributed by atoms with Gasteiger partial charge in [0.1, 0.15) is 5.75 Å². The fraction of sp³-hybridized carbons (Fsp3) is 0.0476. The topological polar surface area (TPSA) is 34.0 Å². The average Bonchev–Trinajstić information content (AvgIpc) is 2.66. The first-order chi connectivity index (χ1) is 11.9. The highest BCUT2D eigenvalue weighted by Crippen LogP contribution is 2.23. The van der Waals surface area contributed by atoms with Crippen molar-refractivity contribution >= 4 is 23.8 Å². The van der Waals surface area contributed by atoms with Gasteiger partial charge in [-0.25, -0.2) is 0 Å². The lowest BCUT2D eigenvalue weighted by Gasteiger charge is -2.08. The molecule has 24 heavy (non-hydrogen) atoms. The van der Waals surface area contributed by atoms with Gasteiger partial charge in [0, 0.05) is 23.6 Å². The van der Waals surface area contributed by atoms with Crippen LogP contribution in [0.25, 0.3) is 0 Å².